The molecule has 108 valence electrons. The monoisotopic (exact) mass is 263 g/mol. The van der Waals surface area contributed by atoms with Crippen molar-refractivity contribution in [2.24, 2.45) is 17.8 Å². The van der Waals surface area contributed by atoms with E-state index in [1.165, 1.54) is 19.3 Å². The molecule has 0 aromatic carbocycles. The highest BCUT2D eigenvalue weighted by molar-refractivity contribution is 4.87. The van der Waals surface area contributed by atoms with Crippen molar-refractivity contribution in [3.05, 3.63) is 18.5 Å². The van der Waals surface area contributed by atoms with Gasteiger partial charge in [-0.3, -0.25) is 4.68 Å². The Bertz CT molecular complexity index is 358. The Morgan fingerprint density at radius 1 is 1.32 bits per heavy atom. The van der Waals surface area contributed by atoms with Crippen molar-refractivity contribution in [1.82, 2.24) is 15.1 Å². The summed E-state index contributed by atoms with van der Waals surface area (Å²) in [6.45, 7) is 10.4. The van der Waals surface area contributed by atoms with Gasteiger partial charge in [-0.25, -0.2) is 0 Å². The summed E-state index contributed by atoms with van der Waals surface area (Å²) in [4.78, 5) is 0. The van der Waals surface area contributed by atoms with Crippen molar-refractivity contribution >= 4 is 0 Å². The molecule has 1 aromatic rings. The molecule has 1 aliphatic rings. The van der Waals surface area contributed by atoms with Crippen LogP contribution in [0.4, 0.5) is 0 Å². The molecule has 0 aliphatic heterocycles. The molecule has 1 saturated carbocycles. The largest absolute Gasteiger partial charge is 0.309 e. The zero-order valence-electron chi connectivity index (χ0n) is 12.8. The van der Waals surface area contributed by atoms with Crippen LogP contribution in [0.3, 0.4) is 0 Å². The lowest BCUT2D eigenvalue weighted by Gasteiger charge is -2.39. The van der Waals surface area contributed by atoms with E-state index in [0.29, 0.717) is 12.1 Å². The highest BCUT2D eigenvalue weighted by Crippen LogP contribution is 2.33. The van der Waals surface area contributed by atoms with Gasteiger partial charge in [-0.15, -0.1) is 0 Å². The van der Waals surface area contributed by atoms with Crippen LogP contribution in [0, 0.1) is 17.8 Å². The molecular formula is C16H29N3. The zero-order chi connectivity index (χ0) is 13.8. The minimum absolute atomic E-state index is 0.483. The molecule has 1 fully saturated rings. The lowest BCUT2D eigenvalue weighted by atomic mass is 9.74. The van der Waals surface area contributed by atoms with Crippen LogP contribution >= 0.6 is 0 Å². The Morgan fingerprint density at radius 3 is 2.74 bits per heavy atom. The van der Waals surface area contributed by atoms with Crippen LogP contribution in [0.25, 0.3) is 0 Å². The maximum absolute atomic E-state index is 4.30. The standard InChI is InChI=1S/C16H29N3/c1-12(2)15-7-6-13(3)10-16(15)18-14(4)11-19-9-5-8-17-19/h5,8-9,12-16,18H,6-7,10-11H2,1-4H3. The number of aromatic nitrogens is 2. The fourth-order valence-corrected chi connectivity index (χ4v) is 3.50. The van der Waals surface area contributed by atoms with E-state index < -0.39 is 0 Å². The molecule has 1 aliphatic carbocycles. The molecule has 4 unspecified atom stereocenters. The van der Waals surface area contributed by atoms with Crippen LogP contribution in [0.2, 0.25) is 0 Å². The fourth-order valence-electron chi connectivity index (χ4n) is 3.50. The van der Waals surface area contributed by atoms with E-state index in [0.717, 1.165) is 24.3 Å². The van der Waals surface area contributed by atoms with Gasteiger partial charge < -0.3 is 5.32 Å². The third-order valence-corrected chi connectivity index (χ3v) is 4.54. The second-order valence-corrected chi connectivity index (χ2v) is 6.73. The van der Waals surface area contributed by atoms with E-state index in [1.807, 2.05) is 23.1 Å². The molecular weight excluding hydrogens is 234 g/mol. The Labute approximate surface area is 117 Å². The highest BCUT2D eigenvalue weighted by atomic mass is 15.3. The summed E-state index contributed by atoms with van der Waals surface area (Å²) in [5.74, 6) is 2.47. The molecule has 3 nitrogen and oxygen atoms in total. The maximum Gasteiger partial charge on any atom is 0.0560 e. The van der Waals surface area contributed by atoms with Crippen LogP contribution < -0.4 is 5.32 Å². The Balaban J connectivity index is 1.90. The van der Waals surface area contributed by atoms with Gasteiger partial charge in [-0.1, -0.05) is 27.2 Å². The van der Waals surface area contributed by atoms with Gasteiger partial charge in [0.2, 0.25) is 0 Å². The first-order valence-electron chi connectivity index (χ1n) is 7.79. The first kappa shape index (κ1) is 14.6. The number of nitrogens with one attached hydrogen (secondary N) is 1. The fraction of sp³-hybridized carbons (Fsp3) is 0.812. The van der Waals surface area contributed by atoms with Gasteiger partial charge in [-0.2, -0.15) is 5.10 Å². The number of hydrogen-bond acceptors (Lipinski definition) is 2. The average molecular weight is 263 g/mol. The van der Waals surface area contributed by atoms with Crippen LogP contribution in [0.15, 0.2) is 18.5 Å². The minimum atomic E-state index is 0.483. The van der Waals surface area contributed by atoms with Gasteiger partial charge in [0.15, 0.2) is 0 Å². The first-order chi connectivity index (χ1) is 9.06. The number of nitrogens with zero attached hydrogens (tertiary/aromatic N) is 2. The zero-order valence-corrected chi connectivity index (χ0v) is 12.8. The summed E-state index contributed by atoms with van der Waals surface area (Å²) in [5.41, 5.74) is 0. The smallest absolute Gasteiger partial charge is 0.0560 e. The van der Waals surface area contributed by atoms with Gasteiger partial charge in [-0.05, 0) is 43.6 Å². The first-order valence-corrected chi connectivity index (χ1v) is 7.79. The van der Waals surface area contributed by atoms with E-state index in [-0.39, 0.29) is 0 Å². The van der Waals surface area contributed by atoms with Crippen molar-refractivity contribution in [3.63, 3.8) is 0 Å². The predicted molar refractivity (Wildman–Crippen MR) is 80.0 cm³/mol. The molecule has 2 rings (SSSR count). The number of rotatable bonds is 5. The van der Waals surface area contributed by atoms with E-state index in [2.05, 4.69) is 38.1 Å². The quantitative estimate of drug-likeness (QED) is 0.883. The molecule has 1 aromatic heterocycles. The molecule has 3 heteroatoms. The summed E-state index contributed by atoms with van der Waals surface area (Å²) in [7, 11) is 0. The van der Waals surface area contributed by atoms with Crippen LogP contribution in [0.1, 0.15) is 47.0 Å². The second kappa shape index (κ2) is 6.56. The Kier molecular flexibility index (Phi) is 5.03. The van der Waals surface area contributed by atoms with Crippen LogP contribution in [-0.2, 0) is 6.54 Å². The van der Waals surface area contributed by atoms with Crippen LogP contribution in [-0.4, -0.2) is 21.9 Å². The predicted octanol–water partition coefficient (Wildman–Crippen LogP) is 3.32. The average Bonchev–Trinajstić information content (AvgIpc) is 2.81. The van der Waals surface area contributed by atoms with E-state index in [1.54, 1.807) is 0 Å². The Hall–Kier alpha value is -0.830. The summed E-state index contributed by atoms with van der Waals surface area (Å²) in [5, 5.41) is 8.15. The molecule has 0 spiro atoms. The molecule has 0 bridgehead atoms. The third-order valence-electron chi connectivity index (χ3n) is 4.54. The molecule has 0 amide bonds. The normalized spacial score (nSPS) is 29.6. The molecule has 0 saturated heterocycles. The summed E-state index contributed by atoms with van der Waals surface area (Å²) >= 11 is 0. The lowest BCUT2D eigenvalue weighted by molar-refractivity contribution is 0.157. The molecule has 1 heterocycles. The maximum atomic E-state index is 4.30. The summed E-state index contributed by atoms with van der Waals surface area (Å²) in [6, 6.07) is 3.15. The van der Waals surface area contributed by atoms with E-state index >= 15 is 0 Å². The lowest BCUT2D eigenvalue weighted by Crippen LogP contribution is -2.47. The van der Waals surface area contributed by atoms with Gasteiger partial charge in [0.05, 0.1) is 6.54 Å². The highest BCUT2D eigenvalue weighted by Gasteiger charge is 2.31. The van der Waals surface area contributed by atoms with Gasteiger partial charge in [0.25, 0.3) is 0 Å². The Morgan fingerprint density at radius 2 is 2.11 bits per heavy atom. The molecule has 19 heavy (non-hydrogen) atoms. The van der Waals surface area contributed by atoms with Crippen molar-refractivity contribution < 1.29 is 0 Å². The summed E-state index contributed by atoms with van der Waals surface area (Å²) < 4.78 is 2.02. The van der Waals surface area contributed by atoms with Gasteiger partial charge >= 0.3 is 0 Å². The van der Waals surface area contributed by atoms with E-state index in [4.69, 9.17) is 0 Å². The van der Waals surface area contributed by atoms with Crippen molar-refractivity contribution in [3.8, 4) is 0 Å². The van der Waals surface area contributed by atoms with E-state index in [9.17, 15) is 0 Å². The molecule has 1 N–H and O–H groups in total. The summed E-state index contributed by atoms with van der Waals surface area (Å²) in [6.07, 6.45) is 8.00. The number of hydrogen-bond donors (Lipinski definition) is 1. The molecule has 0 radical (unpaired) electrons. The van der Waals surface area contributed by atoms with Gasteiger partial charge in [0, 0.05) is 24.5 Å². The van der Waals surface area contributed by atoms with Gasteiger partial charge in [0.1, 0.15) is 0 Å². The SMILES string of the molecule is CC1CCC(C(C)C)C(NC(C)Cn2cccn2)C1. The second-order valence-electron chi connectivity index (χ2n) is 6.73. The molecule has 4 atom stereocenters. The topological polar surface area (TPSA) is 29.9 Å². The van der Waals surface area contributed by atoms with Crippen molar-refractivity contribution in [2.45, 2.75) is 65.6 Å². The minimum Gasteiger partial charge on any atom is -0.309 e. The third kappa shape index (κ3) is 4.07. The van der Waals surface area contributed by atoms with Crippen molar-refractivity contribution in [2.75, 3.05) is 0 Å². The van der Waals surface area contributed by atoms with Crippen molar-refractivity contribution in [1.29, 1.82) is 0 Å². The van der Waals surface area contributed by atoms with Crippen LogP contribution in [0.5, 0.6) is 0 Å².